The number of halogens is 2. The number of para-hydroxylation sites is 1. The van der Waals surface area contributed by atoms with Gasteiger partial charge in [-0.3, -0.25) is 14.3 Å². The first-order chi connectivity index (χ1) is 17.0. The second-order valence-corrected chi connectivity index (χ2v) is 7.90. The van der Waals surface area contributed by atoms with E-state index in [0.29, 0.717) is 17.8 Å². The first kappa shape index (κ1) is 23.8. The molecule has 1 N–H and O–H groups in total. The van der Waals surface area contributed by atoms with E-state index in [9.17, 15) is 18.4 Å². The van der Waals surface area contributed by atoms with Crippen molar-refractivity contribution in [1.82, 2.24) is 14.7 Å². The summed E-state index contributed by atoms with van der Waals surface area (Å²) in [5, 5.41) is 6.88. The third-order valence-corrected chi connectivity index (χ3v) is 5.46. The zero-order valence-corrected chi connectivity index (χ0v) is 19.1. The van der Waals surface area contributed by atoms with Crippen LogP contribution < -0.4 is 5.32 Å². The van der Waals surface area contributed by atoms with Crippen molar-refractivity contribution in [2.24, 2.45) is 0 Å². The molecule has 6 nitrogen and oxygen atoms in total. The van der Waals surface area contributed by atoms with Gasteiger partial charge in [-0.05, 0) is 24.6 Å². The fourth-order valence-electron chi connectivity index (χ4n) is 3.71. The number of hydrogen-bond donors (Lipinski definition) is 1. The van der Waals surface area contributed by atoms with Gasteiger partial charge in [0.2, 0.25) is 5.91 Å². The number of rotatable bonds is 8. The van der Waals surface area contributed by atoms with Crippen LogP contribution in [0.5, 0.6) is 0 Å². The molecule has 4 rings (SSSR count). The molecule has 8 heteroatoms. The van der Waals surface area contributed by atoms with Crippen molar-refractivity contribution in [2.75, 3.05) is 18.4 Å². The van der Waals surface area contributed by atoms with Gasteiger partial charge in [-0.25, -0.2) is 8.78 Å². The minimum Gasteiger partial charge on any atom is -0.329 e. The van der Waals surface area contributed by atoms with Gasteiger partial charge in [0, 0.05) is 18.3 Å². The van der Waals surface area contributed by atoms with E-state index in [1.165, 1.54) is 11.0 Å². The van der Waals surface area contributed by atoms with E-state index in [0.717, 1.165) is 23.3 Å². The third-order valence-electron chi connectivity index (χ3n) is 5.46. The Morgan fingerprint density at radius 2 is 1.54 bits per heavy atom. The lowest BCUT2D eigenvalue weighted by atomic mass is 10.1. The third kappa shape index (κ3) is 5.60. The normalized spacial score (nSPS) is 10.7. The zero-order chi connectivity index (χ0) is 24.8. The highest BCUT2D eigenvalue weighted by atomic mass is 19.1. The van der Waals surface area contributed by atoms with Crippen LogP contribution in [0.1, 0.15) is 22.8 Å². The smallest absolute Gasteiger partial charge is 0.258 e. The quantitative estimate of drug-likeness (QED) is 0.392. The molecular weight excluding hydrogens is 450 g/mol. The van der Waals surface area contributed by atoms with E-state index in [1.807, 2.05) is 60.7 Å². The highest BCUT2D eigenvalue weighted by Crippen LogP contribution is 2.24. The average molecular weight is 475 g/mol. The molecule has 0 atom stereocenters. The van der Waals surface area contributed by atoms with Gasteiger partial charge in [-0.2, -0.15) is 5.10 Å². The minimum absolute atomic E-state index is 0.212. The van der Waals surface area contributed by atoms with Gasteiger partial charge in [0.05, 0.1) is 12.1 Å². The maximum Gasteiger partial charge on any atom is 0.258 e. The van der Waals surface area contributed by atoms with Crippen LogP contribution in [0.25, 0.3) is 11.3 Å². The second-order valence-electron chi connectivity index (χ2n) is 7.90. The molecule has 0 aliphatic carbocycles. The summed E-state index contributed by atoms with van der Waals surface area (Å²) in [4.78, 5) is 27.4. The molecule has 0 aliphatic heterocycles. The fraction of sp³-hybridized carbons (Fsp3) is 0.148. The summed E-state index contributed by atoms with van der Waals surface area (Å²) in [7, 11) is 0. The number of benzene rings is 3. The Balaban J connectivity index is 1.60. The summed E-state index contributed by atoms with van der Waals surface area (Å²) in [6, 6.07) is 22.3. The number of nitrogens with zero attached hydrogens (tertiary/aromatic N) is 3. The monoisotopic (exact) mass is 474 g/mol. The zero-order valence-electron chi connectivity index (χ0n) is 19.1. The van der Waals surface area contributed by atoms with Gasteiger partial charge in [-0.1, -0.05) is 66.7 Å². The van der Waals surface area contributed by atoms with Crippen molar-refractivity contribution in [3.05, 3.63) is 108 Å². The molecule has 1 heterocycles. The molecule has 0 unspecified atom stereocenters. The Labute approximate surface area is 201 Å². The lowest BCUT2D eigenvalue weighted by Gasteiger charge is -2.20. The van der Waals surface area contributed by atoms with E-state index in [4.69, 9.17) is 0 Å². The second kappa shape index (κ2) is 10.7. The Morgan fingerprint density at radius 1 is 0.914 bits per heavy atom. The summed E-state index contributed by atoms with van der Waals surface area (Å²) in [6.07, 6.45) is 1.66. The SMILES string of the molecule is CCN(CC(=O)Nc1c(F)cccc1F)C(=O)c1cn(Cc2ccccc2)nc1-c1ccccc1. The Hall–Kier alpha value is -4.33. The van der Waals surface area contributed by atoms with Crippen LogP contribution in [-0.2, 0) is 11.3 Å². The van der Waals surface area contributed by atoms with Crippen LogP contribution in [0, 0.1) is 11.6 Å². The van der Waals surface area contributed by atoms with Gasteiger partial charge in [0.15, 0.2) is 0 Å². The van der Waals surface area contributed by atoms with Crippen molar-refractivity contribution >= 4 is 17.5 Å². The van der Waals surface area contributed by atoms with Crippen LogP contribution in [-0.4, -0.2) is 39.6 Å². The maximum atomic E-state index is 13.9. The molecule has 1 aromatic heterocycles. The molecule has 0 saturated carbocycles. The molecule has 2 amide bonds. The number of carbonyl (C=O) groups is 2. The first-order valence-corrected chi connectivity index (χ1v) is 11.2. The van der Waals surface area contributed by atoms with Gasteiger partial charge in [-0.15, -0.1) is 0 Å². The summed E-state index contributed by atoms with van der Waals surface area (Å²) in [5.74, 6) is -2.89. The highest BCUT2D eigenvalue weighted by molar-refractivity contribution is 6.02. The van der Waals surface area contributed by atoms with Crippen LogP contribution in [0.4, 0.5) is 14.5 Å². The first-order valence-electron chi connectivity index (χ1n) is 11.2. The highest BCUT2D eigenvalue weighted by Gasteiger charge is 2.24. The fourth-order valence-corrected chi connectivity index (χ4v) is 3.71. The van der Waals surface area contributed by atoms with Gasteiger partial charge in [0.1, 0.15) is 29.6 Å². The average Bonchev–Trinajstić information content (AvgIpc) is 3.29. The van der Waals surface area contributed by atoms with Crippen molar-refractivity contribution in [3.63, 3.8) is 0 Å². The molecule has 0 spiro atoms. The van der Waals surface area contributed by atoms with Crippen LogP contribution >= 0.6 is 0 Å². The van der Waals surface area contributed by atoms with Gasteiger partial charge in [0.25, 0.3) is 5.91 Å². The van der Waals surface area contributed by atoms with Crippen LogP contribution in [0.15, 0.2) is 85.1 Å². The maximum absolute atomic E-state index is 13.9. The molecule has 0 bridgehead atoms. The van der Waals surface area contributed by atoms with Gasteiger partial charge < -0.3 is 10.2 Å². The summed E-state index contributed by atoms with van der Waals surface area (Å²) >= 11 is 0. The Kier molecular flexibility index (Phi) is 7.30. The molecule has 0 aliphatic rings. The van der Waals surface area contributed by atoms with E-state index in [1.54, 1.807) is 17.8 Å². The molecule has 4 aromatic rings. The van der Waals surface area contributed by atoms with E-state index in [-0.39, 0.29) is 13.1 Å². The lowest BCUT2D eigenvalue weighted by molar-refractivity contribution is -0.116. The van der Waals surface area contributed by atoms with E-state index < -0.39 is 29.1 Å². The number of nitrogens with one attached hydrogen (secondary N) is 1. The summed E-state index contributed by atoms with van der Waals surface area (Å²) in [6.45, 7) is 2.03. The number of aromatic nitrogens is 2. The van der Waals surface area contributed by atoms with E-state index in [2.05, 4.69) is 10.4 Å². The van der Waals surface area contributed by atoms with Crippen molar-refractivity contribution < 1.29 is 18.4 Å². The number of amides is 2. The number of hydrogen-bond acceptors (Lipinski definition) is 3. The van der Waals surface area contributed by atoms with Crippen LogP contribution in [0.2, 0.25) is 0 Å². The largest absolute Gasteiger partial charge is 0.329 e. The number of carbonyl (C=O) groups excluding carboxylic acids is 2. The number of likely N-dealkylation sites (N-methyl/N-ethyl adjacent to an activating group) is 1. The molecule has 178 valence electrons. The van der Waals surface area contributed by atoms with Crippen molar-refractivity contribution in [1.29, 1.82) is 0 Å². The van der Waals surface area contributed by atoms with E-state index >= 15 is 0 Å². The minimum atomic E-state index is -0.888. The Bertz CT molecular complexity index is 1300. The summed E-state index contributed by atoms with van der Waals surface area (Å²) in [5.41, 5.74) is 2.06. The molecular formula is C27H24F2N4O2. The standard InChI is InChI=1S/C27H24F2N4O2/c1-2-32(18-24(34)30-26-22(28)14-9-15-23(26)29)27(35)21-17-33(16-19-10-5-3-6-11-19)31-25(21)20-12-7-4-8-13-20/h3-15,17H,2,16,18H2,1H3,(H,30,34). The van der Waals surface area contributed by atoms with Gasteiger partial charge >= 0.3 is 0 Å². The predicted octanol–water partition coefficient (Wildman–Crippen LogP) is 4.98. The molecule has 3 aromatic carbocycles. The summed E-state index contributed by atoms with van der Waals surface area (Å²) < 4.78 is 29.5. The molecule has 0 fully saturated rings. The Morgan fingerprint density at radius 3 is 2.17 bits per heavy atom. The molecule has 35 heavy (non-hydrogen) atoms. The van der Waals surface area contributed by atoms with Crippen molar-refractivity contribution in [2.45, 2.75) is 13.5 Å². The van der Waals surface area contributed by atoms with Crippen LogP contribution in [0.3, 0.4) is 0 Å². The predicted molar refractivity (Wildman–Crippen MR) is 130 cm³/mol. The molecule has 0 saturated heterocycles. The van der Waals surface area contributed by atoms with Crippen molar-refractivity contribution in [3.8, 4) is 11.3 Å². The number of anilines is 1. The topological polar surface area (TPSA) is 67.2 Å². The molecule has 0 radical (unpaired) electrons. The lowest BCUT2D eigenvalue weighted by Crippen LogP contribution is -2.38.